The molecule has 0 fully saturated rings. The first-order valence-corrected chi connectivity index (χ1v) is 8.84. The Bertz CT molecular complexity index is 1230. The van der Waals surface area contributed by atoms with Crippen molar-refractivity contribution in [2.75, 3.05) is 11.1 Å². The number of hydrogen-bond acceptors (Lipinski definition) is 5. The largest absolute Gasteiger partial charge is 0.396 e. The van der Waals surface area contributed by atoms with Crippen molar-refractivity contribution in [3.8, 4) is 11.3 Å². The minimum atomic E-state index is -0.627. The zero-order valence-corrected chi connectivity index (χ0v) is 15.2. The number of aromatic nitrogens is 2. The molecule has 2 aromatic heterocycles. The summed E-state index contributed by atoms with van der Waals surface area (Å²) in [5.74, 6) is -0.657. The fraction of sp³-hybridized carbons (Fsp3) is 0.0455. The quantitative estimate of drug-likeness (QED) is 0.488. The first kappa shape index (κ1) is 18.5. The lowest BCUT2D eigenvalue weighted by Crippen LogP contribution is -2.07. The highest BCUT2D eigenvalue weighted by atomic mass is 19.1. The Morgan fingerprint density at radius 1 is 1.03 bits per heavy atom. The lowest BCUT2D eigenvalue weighted by Gasteiger charge is -2.12. The number of aldehydes is 1. The number of rotatable bonds is 5. The first-order chi connectivity index (χ1) is 14.0. The Hall–Kier alpha value is -3.87. The van der Waals surface area contributed by atoms with Crippen molar-refractivity contribution in [1.82, 2.24) is 9.97 Å². The molecule has 0 spiro atoms. The average Bonchev–Trinajstić information content (AvgIpc) is 2.73. The molecule has 0 unspecified atom stereocenters. The van der Waals surface area contributed by atoms with Crippen molar-refractivity contribution in [1.29, 1.82) is 0 Å². The highest BCUT2D eigenvalue weighted by Gasteiger charge is 2.10. The number of nitrogens with two attached hydrogens (primary N) is 1. The molecule has 29 heavy (non-hydrogen) atoms. The number of halogens is 2. The molecule has 2 aromatic carbocycles. The van der Waals surface area contributed by atoms with Gasteiger partial charge in [0.15, 0.2) is 6.29 Å². The van der Waals surface area contributed by atoms with Crippen molar-refractivity contribution in [3.63, 3.8) is 0 Å². The number of fused-ring (bicyclic) bond motifs is 1. The fourth-order valence-corrected chi connectivity index (χ4v) is 3.01. The van der Waals surface area contributed by atoms with E-state index in [0.717, 1.165) is 5.39 Å². The van der Waals surface area contributed by atoms with Gasteiger partial charge in [0.25, 0.3) is 0 Å². The van der Waals surface area contributed by atoms with Gasteiger partial charge in [-0.2, -0.15) is 0 Å². The lowest BCUT2D eigenvalue weighted by atomic mass is 10.1. The van der Waals surface area contributed by atoms with Gasteiger partial charge >= 0.3 is 0 Å². The topological polar surface area (TPSA) is 80.9 Å². The molecule has 0 amide bonds. The Balaban J connectivity index is 1.61. The van der Waals surface area contributed by atoms with Gasteiger partial charge in [-0.05, 0) is 36.4 Å². The standard InChI is InChI=1S/C22H16F2N4O/c23-17-9-14(3-4-15(17)12-29)20-6-5-19(25)22(28-20)27-11-16-8-13-2-1-7-26-21(13)10-18(16)24/h1-10,12H,11,25H2,(H,27,28). The molecule has 0 aliphatic rings. The number of carbonyl (C=O) groups is 1. The highest BCUT2D eigenvalue weighted by Crippen LogP contribution is 2.26. The summed E-state index contributed by atoms with van der Waals surface area (Å²) in [5, 5.41) is 3.86. The molecule has 0 aliphatic heterocycles. The minimum Gasteiger partial charge on any atom is -0.396 e. The smallest absolute Gasteiger partial charge is 0.152 e. The molecule has 2 heterocycles. The molecule has 144 valence electrons. The van der Waals surface area contributed by atoms with Crippen molar-refractivity contribution in [3.05, 3.63) is 83.6 Å². The van der Waals surface area contributed by atoms with E-state index in [9.17, 15) is 13.6 Å². The first-order valence-electron chi connectivity index (χ1n) is 8.84. The van der Waals surface area contributed by atoms with E-state index in [-0.39, 0.29) is 17.9 Å². The van der Waals surface area contributed by atoms with Crippen LogP contribution in [0.25, 0.3) is 22.2 Å². The van der Waals surface area contributed by atoms with Crippen molar-refractivity contribution in [2.24, 2.45) is 0 Å². The van der Waals surface area contributed by atoms with E-state index in [0.29, 0.717) is 40.1 Å². The predicted octanol–water partition coefficient (Wildman–Crippen LogP) is 4.58. The molecule has 3 N–H and O–H groups in total. The Morgan fingerprint density at radius 2 is 1.90 bits per heavy atom. The summed E-state index contributed by atoms with van der Waals surface area (Å²) in [6.45, 7) is 0.162. The summed E-state index contributed by atoms with van der Waals surface area (Å²) in [4.78, 5) is 19.3. The van der Waals surface area contributed by atoms with Crippen LogP contribution in [0.15, 0.2) is 60.8 Å². The van der Waals surface area contributed by atoms with E-state index >= 15 is 0 Å². The summed E-state index contributed by atoms with van der Waals surface area (Å²) < 4.78 is 28.3. The van der Waals surface area contributed by atoms with Gasteiger partial charge in [-0.15, -0.1) is 0 Å². The summed E-state index contributed by atoms with van der Waals surface area (Å²) in [6, 6.07) is 14.3. The van der Waals surface area contributed by atoms with Gasteiger partial charge in [-0.1, -0.05) is 12.1 Å². The van der Waals surface area contributed by atoms with Crippen LogP contribution >= 0.6 is 0 Å². The second-order valence-corrected chi connectivity index (χ2v) is 6.48. The van der Waals surface area contributed by atoms with Crippen LogP contribution in [0.1, 0.15) is 15.9 Å². The van der Waals surface area contributed by atoms with Crippen molar-refractivity contribution >= 4 is 28.7 Å². The fourth-order valence-electron chi connectivity index (χ4n) is 3.01. The maximum Gasteiger partial charge on any atom is 0.152 e. The molecule has 0 saturated heterocycles. The number of benzene rings is 2. The Morgan fingerprint density at radius 3 is 2.69 bits per heavy atom. The van der Waals surface area contributed by atoms with Crippen LogP contribution < -0.4 is 11.1 Å². The molecule has 7 heteroatoms. The van der Waals surface area contributed by atoms with Crippen LogP contribution in [0.3, 0.4) is 0 Å². The number of anilines is 2. The van der Waals surface area contributed by atoms with Crippen LogP contribution in [0, 0.1) is 11.6 Å². The average molecular weight is 390 g/mol. The monoisotopic (exact) mass is 390 g/mol. The molecule has 0 bridgehead atoms. The molecular weight excluding hydrogens is 374 g/mol. The van der Waals surface area contributed by atoms with Crippen LogP contribution in [-0.4, -0.2) is 16.3 Å². The van der Waals surface area contributed by atoms with Crippen LogP contribution in [0.4, 0.5) is 20.3 Å². The van der Waals surface area contributed by atoms with Gasteiger partial charge in [0, 0.05) is 35.3 Å². The molecule has 5 nitrogen and oxygen atoms in total. The second-order valence-electron chi connectivity index (χ2n) is 6.48. The molecule has 4 rings (SSSR count). The molecule has 0 radical (unpaired) electrons. The summed E-state index contributed by atoms with van der Waals surface area (Å²) >= 11 is 0. The van der Waals surface area contributed by atoms with Crippen molar-refractivity contribution in [2.45, 2.75) is 6.54 Å². The maximum absolute atomic E-state index is 14.4. The molecule has 4 aromatic rings. The van der Waals surface area contributed by atoms with E-state index in [2.05, 4.69) is 15.3 Å². The van der Waals surface area contributed by atoms with Crippen molar-refractivity contribution < 1.29 is 13.6 Å². The van der Waals surface area contributed by atoms with Gasteiger partial charge in [-0.25, -0.2) is 13.8 Å². The second kappa shape index (κ2) is 7.63. The van der Waals surface area contributed by atoms with Crippen LogP contribution in [0.2, 0.25) is 0 Å². The highest BCUT2D eigenvalue weighted by molar-refractivity contribution is 5.79. The number of nitrogen functional groups attached to an aromatic ring is 1. The molecular formula is C22H16F2N4O. The third kappa shape index (κ3) is 3.75. The normalized spacial score (nSPS) is 10.8. The minimum absolute atomic E-state index is 0.0242. The molecule has 0 atom stereocenters. The summed E-state index contributed by atoms with van der Waals surface area (Å²) in [6.07, 6.45) is 2.07. The van der Waals surface area contributed by atoms with Gasteiger partial charge in [0.1, 0.15) is 17.5 Å². The lowest BCUT2D eigenvalue weighted by molar-refractivity contribution is 0.112. The third-order valence-electron chi connectivity index (χ3n) is 4.57. The number of nitrogens with zero attached hydrogens (tertiary/aromatic N) is 2. The third-order valence-corrected chi connectivity index (χ3v) is 4.57. The van der Waals surface area contributed by atoms with Gasteiger partial charge in [0.05, 0.1) is 22.5 Å². The van der Waals surface area contributed by atoms with Gasteiger partial charge in [-0.3, -0.25) is 9.78 Å². The van der Waals surface area contributed by atoms with E-state index < -0.39 is 5.82 Å². The molecule has 0 aliphatic carbocycles. The maximum atomic E-state index is 14.4. The van der Waals surface area contributed by atoms with Gasteiger partial charge < -0.3 is 11.1 Å². The number of carbonyl (C=O) groups excluding carboxylic acids is 1. The number of pyridine rings is 2. The van der Waals surface area contributed by atoms with Gasteiger partial charge in [0.2, 0.25) is 0 Å². The Labute approximate surface area is 165 Å². The summed E-state index contributed by atoms with van der Waals surface area (Å²) in [5.41, 5.74) is 8.33. The van der Waals surface area contributed by atoms with E-state index in [4.69, 9.17) is 5.73 Å². The zero-order chi connectivity index (χ0) is 20.4. The number of nitrogens with one attached hydrogen (secondary N) is 1. The predicted molar refractivity (Wildman–Crippen MR) is 108 cm³/mol. The molecule has 0 saturated carbocycles. The van der Waals surface area contributed by atoms with Crippen LogP contribution in [0.5, 0.6) is 0 Å². The van der Waals surface area contributed by atoms with E-state index in [1.54, 1.807) is 36.5 Å². The Kier molecular flexibility index (Phi) is 4.87. The van der Waals surface area contributed by atoms with E-state index in [1.807, 2.05) is 6.07 Å². The summed E-state index contributed by atoms with van der Waals surface area (Å²) in [7, 11) is 0. The number of hydrogen-bond donors (Lipinski definition) is 2. The van der Waals surface area contributed by atoms with Crippen LogP contribution in [-0.2, 0) is 6.54 Å². The zero-order valence-electron chi connectivity index (χ0n) is 15.2. The SMILES string of the molecule is Nc1ccc(-c2ccc(C=O)c(F)c2)nc1NCc1cc2cccnc2cc1F. The van der Waals surface area contributed by atoms with E-state index in [1.165, 1.54) is 18.2 Å².